The number of hydrogen-bond donors (Lipinski definition) is 1. The van der Waals surface area contributed by atoms with Crippen molar-refractivity contribution in [1.82, 2.24) is 15.1 Å². The highest BCUT2D eigenvalue weighted by molar-refractivity contribution is 5.78. The minimum absolute atomic E-state index is 0.0242. The predicted octanol–water partition coefficient (Wildman–Crippen LogP) is 1.29. The van der Waals surface area contributed by atoms with Gasteiger partial charge in [-0.15, -0.1) is 0 Å². The molecule has 1 N–H and O–H groups in total. The van der Waals surface area contributed by atoms with Gasteiger partial charge in [0.15, 0.2) is 0 Å². The Balaban J connectivity index is 2.51. The van der Waals surface area contributed by atoms with E-state index in [1.54, 1.807) is 4.90 Å². The lowest BCUT2D eigenvalue weighted by Crippen LogP contribution is -2.45. The predicted molar refractivity (Wildman–Crippen MR) is 71.3 cm³/mol. The molecule has 0 aromatic heterocycles. The molecule has 0 spiro atoms. The molecule has 0 saturated carbocycles. The molecule has 3 amide bonds. The number of amides is 3. The highest BCUT2D eigenvalue weighted by atomic mass is 16.2. The van der Waals surface area contributed by atoms with Crippen LogP contribution in [-0.4, -0.2) is 54.0 Å². The summed E-state index contributed by atoms with van der Waals surface area (Å²) in [7, 11) is 0. The van der Waals surface area contributed by atoms with Crippen molar-refractivity contribution in [2.45, 2.75) is 40.2 Å². The fourth-order valence-electron chi connectivity index (χ4n) is 2.04. The van der Waals surface area contributed by atoms with Crippen molar-refractivity contribution in [1.29, 1.82) is 0 Å². The summed E-state index contributed by atoms with van der Waals surface area (Å²) in [6.45, 7) is 10.5. The van der Waals surface area contributed by atoms with Gasteiger partial charge in [-0.3, -0.25) is 4.79 Å². The molecule has 5 heteroatoms. The van der Waals surface area contributed by atoms with Crippen molar-refractivity contribution >= 4 is 11.9 Å². The molecule has 1 saturated heterocycles. The molecule has 0 aliphatic carbocycles. The summed E-state index contributed by atoms with van der Waals surface area (Å²) in [5.41, 5.74) is 0. The quantitative estimate of drug-likeness (QED) is 0.808. The molecule has 0 aromatic rings. The molecule has 1 heterocycles. The van der Waals surface area contributed by atoms with Gasteiger partial charge < -0.3 is 15.1 Å². The fourth-order valence-corrected chi connectivity index (χ4v) is 2.04. The first-order valence-corrected chi connectivity index (χ1v) is 6.76. The third-order valence-corrected chi connectivity index (χ3v) is 3.00. The lowest BCUT2D eigenvalue weighted by Gasteiger charge is -2.24. The van der Waals surface area contributed by atoms with Gasteiger partial charge in [0.05, 0.1) is 0 Å². The van der Waals surface area contributed by atoms with Gasteiger partial charge in [-0.05, 0) is 20.3 Å². The number of hydrogen-bond acceptors (Lipinski definition) is 2. The van der Waals surface area contributed by atoms with Crippen molar-refractivity contribution in [3.63, 3.8) is 0 Å². The average Bonchev–Trinajstić information content (AvgIpc) is 2.52. The molecule has 5 nitrogen and oxygen atoms in total. The molecule has 0 aromatic carbocycles. The van der Waals surface area contributed by atoms with E-state index in [9.17, 15) is 9.59 Å². The maximum Gasteiger partial charge on any atom is 0.317 e. The van der Waals surface area contributed by atoms with Crippen molar-refractivity contribution in [3.05, 3.63) is 0 Å². The van der Waals surface area contributed by atoms with Crippen LogP contribution in [0.2, 0.25) is 0 Å². The van der Waals surface area contributed by atoms with Crippen LogP contribution in [0, 0.1) is 5.92 Å². The van der Waals surface area contributed by atoms with Crippen LogP contribution in [0.25, 0.3) is 0 Å². The zero-order valence-electron chi connectivity index (χ0n) is 11.9. The summed E-state index contributed by atoms with van der Waals surface area (Å²) in [6, 6.07) is 0.123. The van der Waals surface area contributed by atoms with E-state index in [0.717, 1.165) is 19.5 Å². The second kappa shape index (κ2) is 6.61. The summed E-state index contributed by atoms with van der Waals surface area (Å²) in [5, 5.41) is 2.89. The fraction of sp³-hybridized carbons (Fsp3) is 0.846. The average molecular weight is 255 g/mol. The van der Waals surface area contributed by atoms with Crippen LogP contribution >= 0.6 is 0 Å². The number of nitrogens with zero attached hydrogens (tertiary/aromatic N) is 2. The van der Waals surface area contributed by atoms with E-state index in [-0.39, 0.29) is 23.9 Å². The Kier molecular flexibility index (Phi) is 5.44. The topological polar surface area (TPSA) is 52.7 Å². The maximum absolute atomic E-state index is 11.9. The van der Waals surface area contributed by atoms with Gasteiger partial charge in [0.2, 0.25) is 5.91 Å². The zero-order chi connectivity index (χ0) is 13.7. The second-order valence-electron chi connectivity index (χ2n) is 5.42. The lowest BCUT2D eigenvalue weighted by molar-refractivity contribution is -0.134. The number of rotatable bonds is 2. The van der Waals surface area contributed by atoms with Crippen LogP contribution in [0.3, 0.4) is 0 Å². The molecule has 0 radical (unpaired) electrons. The number of urea groups is 1. The van der Waals surface area contributed by atoms with Crippen LogP contribution in [0.1, 0.15) is 34.1 Å². The number of nitrogens with one attached hydrogen (secondary N) is 1. The van der Waals surface area contributed by atoms with E-state index in [0.29, 0.717) is 13.1 Å². The number of carbonyl (C=O) groups excluding carboxylic acids is 2. The molecule has 18 heavy (non-hydrogen) atoms. The van der Waals surface area contributed by atoms with Gasteiger partial charge >= 0.3 is 6.03 Å². The second-order valence-corrected chi connectivity index (χ2v) is 5.42. The Morgan fingerprint density at radius 1 is 0.944 bits per heavy atom. The molecule has 1 rings (SSSR count). The lowest BCUT2D eigenvalue weighted by atomic mass is 10.2. The molecule has 104 valence electrons. The van der Waals surface area contributed by atoms with Crippen molar-refractivity contribution in [2.75, 3.05) is 26.2 Å². The molecule has 1 aliphatic heterocycles. The summed E-state index contributed by atoms with van der Waals surface area (Å²) in [5.74, 6) is 0.210. The first-order valence-electron chi connectivity index (χ1n) is 6.76. The normalized spacial score (nSPS) is 17.0. The van der Waals surface area contributed by atoms with E-state index in [4.69, 9.17) is 0 Å². The van der Waals surface area contributed by atoms with Gasteiger partial charge in [0, 0.05) is 38.1 Å². The van der Waals surface area contributed by atoms with E-state index in [1.807, 2.05) is 32.6 Å². The third kappa shape index (κ3) is 4.20. The molecule has 0 atom stereocenters. The van der Waals surface area contributed by atoms with Crippen LogP contribution in [0.15, 0.2) is 0 Å². The van der Waals surface area contributed by atoms with Gasteiger partial charge in [-0.2, -0.15) is 0 Å². The van der Waals surface area contributed by atoms with E-state index in [2.05, 4.69) is 5.32 Å². The third-order valence-electron chi connectivity index (χ3n) is 3.00. The highest BCUT2D eigenvalue weighted by Crippen LogP contribution is 2.08. The number of carbonyl (C=O) groups is 2. The summed E-state index contributed by atoms with van der Waals surface area (Å²) < 4.78 is 0. The molecular weight excluding hydrogens is 230 g/mol. The Morgan fingerprint density at radius 3 is 2.06 bits per heavy atom. The molecule has 0 bridgehead atoms. The Hall–Kier alpha value is -1.26. The summed E-state index contributed by atoms with van der Waals surface area (Å²) >= 11 is 0. The van der Waals surface area contributed by atoms with Crippen LogP contribution in [-0.2, 0) is 4.79 Å². The monoisotopic (exact) mass is 255 g/mol. The van der Waals surface area contributed by atoms with Gasteiger partial charge in [-0.25, -0.2) is 4.79 Å². The Labute approximate surface area is 110 Å². The standard InChI is InChI=1S/C13H25N3O2/c1-10(2)12(17)15-6-5-7-16(9-8-15)13(18)14-11(3)4/h10-11H,5-9H2,1-4H3,(H,14,18). The zero-order valence-corrected chi connectivity index (χ0v) is 11.9. The van der Waals surface area contributed by atoms with Crippen LogP contribution in [0.5, 0.6) is 0 Å². The first-order chi connectivity index (χ1) is 8.41. The Bertz CT molecular complexity index is 303. The smallest absolute Gasteiger partial charge is 0.317 e. The van der Waals surface area contributed by atoms with Crippen LogP contribution < -0.4 is 5.32 Å². The van der Waals surface area contributed by atoms with Gasteiger partial charge in [-0.1, -0.05) is 13.8 Å². The largest absolute Gasteiger partial charge is 0.341 e. The molecular formula is C13H25N3O2. The van der Waals surface area contributed by atoms with Crippen molar-refractivity contribution < 1.29 is 9.59 Å². The summed E-state index contributed by atoms with van der Waals surface area (Å²) in [6.07, 6.45) is 0.851. The Morgan fingerprint density at radius 2 is 1.50 bits per heavy atom. The first kappa shape index (κ1) is 14.8. The van der Waals surface area contributed by atoms with Gasteiger partial charge in [0.1, 0.15) is 0 Å². The molecule has 1 aliphatic rings. The van der Waals surface area contributed by atoms with E-state index >= 15 is 0 Å². The van der Waals surface area contributed by atoms with Gasteiger partial charge in [0.25, 0.3) is 0 Å². The highest BCUT2D eigenvalue weighted by Gasteiger charge is 2.23. The SMILES string of the molecule is CC(C)NC(=O)N1CCCN(C(=O)C(C)C)CC1. The van der Waals surface area contributed by atoms with Crippen molar-refractivity contribution in [2.24, 2.45) is 5.92 Å². The van der Waals surface area contributed by atoms with E-state index < -0.39 is 0 Å². The van der Waals surface area contributed by atoms with E-state index in [1.165, 1.54) is 0 Å². The minimum atomic E-state index is -0.0242. The minimum Gasteiger partial charge on any atom is -0.341 e. The maximum atomic E-state index is 11.9. The van der Waals surface area contributed by atoms with Crippen LogP contribution in [0.4, 0.5) is 4.79 Å². The summed E-state index contributed by atoms with van der Waals surface area (Å²) in [4.78, 5) is 27.5. The molecule has 1 fully saturated rings. The van der Waals surface area contributed by atoms with Crippen molar-refractivity contribution in [3.8, 4) is 0 Å². The molecule has 0 unspecified atom stereocenters.